The minimum atomic E-state index is -0.181. The lowest BCUT2D eigenvalue weighted by atomic mass is 10.1. The molecule has 0 aliphatic carbocycles. The number of hydrogen-bond acceptors (Lipinski definition) is 4. The summed E-state index contributed by atoms with van der Waals surface area (Å²) < 4.78 is 1.63. The van der Waals surface area contributed by atoms with E-state index in [1.54, 1.807) is 10.7 Å². The summed E-state index contributed by atoms with van der Waals surface area (Å²) in [6, 6.07) is 7.59. The van der Waals surface area contributed by atoms with E-state index in [-0.39, 0.29) is 5.91 Å². The second-order valence-electron chi connectivity index (χ2n) is 4.61. The molecule has 1 amide bonds. The van der Waals surface area contributed by atoms with E-state index in [4.69, 9.17) is 11.6 Å². The number of fused-ring (bicyclic) bond motifs is 1. The van der Waals surface area contributed by atoms with Crippen LogP contribution in [0.5, 0.6) is 0 Å². The van der Waals surface area contributed by atoms with Gasteiger partial charge in [0.15, 0.2) is 0 Å². The molecule has 5 nitrogen and oxygen atoms in total. The monoisotopic (exact) mass is 320 g/mol. The molecule has 3 rings (SSSR count). The molecule has 0 saturated carbocycles. The van der Waals surface area contributed by atoms with Crippen LogP contribution in [-0.2, 0) is 6.42 Å². The van der Waals surface area contributed by atoms with Crippen LogP contribution in [0.2, 0.25) is 5.02 Å². The third kappa shape index (κ3) is 3.22. The number of hydrogen-bond donors (Lipinski definition) is 1. The minimum Gasteiger partial charge on any atom is -0.350 e. The predicted molar refractivity (Wildman–Crippen MR) is 83.1 cm³/mol. The zero-order valence-corrected chi connectivity index (χ0v) is 12.9. The maximum absolute atomic E-state index is 12.0. The highest BCUT2D eigenvalue weighted by atomic mass is 35.5. The minimum absolute atomic E-state index is 0.181. The van der Waals surface area contributed by atoms with Gasteiger partial charge in [0.25, 0.3) is 5.91 Å². The Labute approximate surface area is 130 Å². The van der Waals surface area contributed by atoms with Gasteiger partial charge in [0.2, 0.25) is 4.96 Å². The van der Waals surface area contributed by atoms with Gasteiger partial charge in [-0.15, -0.1) is 0 Å². The van der Waals surface area contributed by atoms with E-state index < -0.39 is 0 Å². The molecule has 21 heavy (non-hydrogen) atoms. The van der Waals surface area contributed by atoms with E-state index in [1.807, 2.05) is 31.2 Å². The van der Waals surface area contributed by atoms with E-state index in [0.717, 1.165) is 22.0 Å². The summed E-state index contributed by atoms with van der Waals surface area (Å²) in [4.78, 5) is 17.0. The molecule has 0 saturated heterocycles. The van der Waals surface area contributed by atoms with Crippen molar-refractivity contribution in [2.24, 2.45) is 0 Å². The highest BCUT2D eigenvalue weighted by Gasteiger charge is 2.12. The number of benzene rings is 1. The Hall–Kier alpha value is -1.92. The van der Waals surface area contributed by atoms with E-state index in [1.165, 1.54) is 11.3 Å². The van der Waals surface area contributed by atoms with Crippen LogP contribution in [0.1, 0.15) is 21.1 Å². The Kier molecular flexibility index (Phi) is 3.90. The third-order valence-corrected chi connectivity index (χ3v) is 4.08. The summed E-state index contributed by atoms with van der Waals surface area (Å²) in [5.41, 5.74) is 1.52. The summed E-state index contributed by atoms with van der Waals surface area (Å²) in [5, 5.41) is 8.72. The van der Waals surface area contributed by atoms with Crippen molar-refractivity contribution in [1.82, 2.24) is 19.9 Å². The third-order valence-electron chi connectivity index (χ3n) is 2.99. The number of aryl methyl sites for hydroxylation is 1. The second kappa shape index (κ2) is 5.83. The zero-order chi connectivity index (χ0) is 14.8. The summed E-state index contributed by atoms with van der Waals surface area (Å²) in [5.74, 6) is -0.181. The number of carbonyl (C=O) groups excluding carboxylic acids is 1. The Morgan fingerprint density at radius 2 is 2.14 bits per heavy atom. The van der Waals surface area contributed by atoms with Gasteiger partial charge in [-0.1, -0.05) is 35.1 Å². The normalized spacial score (nSPS) is 11.0. The topological polar surface area (TPSA) is 59.3 Å². The van der Waals surface area contributed by atoms with Crippen LogP contribution in [0.4, 0.5) is 0 Å². The predicted octanol–water partition coefficient (Wildman–Crippen LogP) is 2.73. The van der Waals surface area contributed by atoms with Crippen molar-refractivity contribution in [1.29, 1.82) is 0 Å². The van der Waals surface area contributed by atoms with Gasteiger partial charge in [-0.05, 0) is 31.0 Å². The SMILES string of the molecule is Cc1nn2cc(C(=O)NCCc3ccc(Cl)cc3)nc2s1. The second-order valence-corrected chi connectivity index (χ2v) is 6.20. The Morgan fingerprint density at radius 1 is 1.38 bits per heavy atom. The van der Waals surface area contributed by atoms with E-state index in [9.17, 15) is 4.79 Å². The molecule has 0 atom stereocenters. The number of aromatic nitrogens is 3. The molecular weight excluding hydrogens is 308 g/mol. The first-order chi connectivity index (χ1) is 10.1. The summed E-state index contributed by atoms with van der Waals surface area (Å²) >= 11 is 7.29. The molecule has 0 aliphatic rings. The lowest BCUT2D eigenvalue weighted by Gasteiger charge is -2.03. The molecule has 0 spiro atoms. The number of nitrogens with one attached hydrogen (secondary N) is 1. The van der Waals surface area contributed by atoms with Gasteiger partial charge in [0.05, 0.1) is 6.20 Å². The quantitative estimate of drug-likeness (QED) is 0.804. The summed E-state index contributed by atoms with van der Waals surface area (Å²) in [6.45, 7) is 2.46. The number of rotatable bonds is 4. The number of imidazole rings is 1. The summed E-state index contributed by atoms with van der Waals surface area (Å²) in [7, 11) is 0. The lowest BCUT2D eigenvalue weighted by Crippen LogP contribution is -2.26. The van der Waals surface area contributed by atoms with Crippen molar-refractivity contribution in [2.45, 2.75) is 13.3 Å². The molecule has 1 N–H and O–H groups in total. The standard InChI is InChI=1S/C14H13ClN4OS/c1-9-18-19-8-12(17-14(19)21-9)13(20)16-7-6-10-2-4-11(15)5-3-10/h2-5,8H,6-7H2,1H3,(H,16,20). The average Bonchev–Trinajstić information content (AvgIpc) is 2.98. The van der Waals surface area contributed by atoms with E-state index in [0.29, 0.717) is 17.3 Å². The number of amides is 1. The van der Waals surface area contributed by atoms with Gasteiger partial charge in [0, 0.05) is 11.6 Å². The van der Waals surface area contributed by atoms with Crippen LogP contribution in [0, 0.1) is 6.92 Å². The Morgan fingerprint density at radius 3 is 2.86 bits per heavy atom. The van der Waals surface area contributed by atoms with Crippen LogP contribution in [0.15, 0.2) is 30.5 Å². The van der Waals surface area contributed by atoms with Crippen LogP contribution < -0.4 is 5.32 Å². The average molecular weight is 321 g/mol. The largest absolute Gasteiger partial charge is 0.350 e. The molecule has 0 fully saturated rings. The molecule has 0 radical (unpaired) electrons. The maximum Gasteiger partial charge on any atom is 0.271 e. The van der Waals surface area contributed by atoms with Crippen molar-refractivity contribution in [3.05, 3.63) is 51.7 Å². The van der Waals surface area contributed by atoms with Crippen LogP contribution in [-0.4, -0.2) is 27.0 Å². The molecular formula is C14H13ClN4OS. The first kappa shape index (κ1) is 14.0. The summed E-state index contributed by atoms with van der Waals surface area (Å²) in [6.07, 6.45) is 2.40. The molecule has 1 aromatic carbocycles. The highest BCUT2D eigenvalue weighted by molar-refractivity contribution is 7.16. The maximum atomic E-state index is 12.0. The molecule has 0 aliphatic heterocycles. The first-order valence-corrected chi connectivity index (χ1v) is 7.67. The van der Waals surface area contributed by atoms with Crippen molar-refractivity contribution in [2.75, 3.05) is 6.54 Å². The molecule has 0 bridgehead atoms. The Bertz CT molecular complexity index is 746. The zero-order valence-electron chi connectivity index (χ0n) is 11.3. The fourth-order valence-corrected chi connectivity index (χ4v) is 2.82. The van der Waals surface area contributed by atoms with E-state index in [2.05, 4.69) is 15.4 Å². The molecule has 3 aromatic rings. The van der Waals surface area contributed by atoms with Gasteiger partial charge in [-0.2, -0.15) is 5.10 Å². The van der Waals surface area contributed by atoms with E-state index >= 15 is 0 Å². The fourth-order valence-electron chi connectivity index (χ4n) is 1.97. The molecule has 7 heteroatoms. The van der Waals surface area contributed by atoms with Gasteiger partial charge in [-0.25, -0.2) is 9.50 Å². The molecule has 2 heterocycles. The number of nitrogens with zero attached hydrogens (tertiary/aromatic N) is 3. The molecule has 2 aromatic heterocycles. The molecule has 108 valence electrons. The van der Waals surface area contributed by atoms with Crippen LogP contribution in [0.3, 0.4) is 0 Å². The first-order valence-electron chi connectivity index (χ1n) is 6.47. The van der Waals surface area contributed by atoms with Crippen molar-refractivity contribution >= 4 is 33.8 Å². The smallest absolute Gasteiger partial charge is 0.271 e. The van der Waals surface area contributed by atoms with Crippen molar-refractivity contribution < 1.29 is 4.79 Å². The van der Waals surface area contributed by atoms with Gasteiger partial charge in [0.1, 0.15) is 10.7 Å². The highest BCUT2D eigenvalue weighted by Crippen LogP contribution is 2.13. The van der Waals surface area contributed by atoms with Gasteiger partial charge in [-0.3, -0.25) is 4.79 Å². The van der Waals surface area contributed by atoms with Crippen LogP contribution >= 0.6 is 22.9 Å². The molecule has 0 unspecified atom stereocenters. The van der Waals surface area contributed by atoms with Crippen molar-refractivity contribution in [3.8, 4) is 0 Å². The van der Waals surface area contributed by atoms with Crippen LogP contribution in [0.25, 0.3) is 4.96 Å². The Balaban J connectivity index is 1.58. The number of carbonyl (C=O) groups is 1. The van der Waals surface area contributed by atoms with Gasteiger partial charge >= 0.3 is 0 Å². The van der Waals surface area contributed by atoms with Gasteiger partial charge < -0.3 is 5.32 Å². The lowest BCUT2D eigenvalue weighted by molar-refractivity contribution is 0.0949. The van der Waals surface area contributed by atoms with Crippen molar-refractivity contribution in [3.63, 3.8) is 0 Å². The fraction of sp³-hybridized carbons (Fsp3) is 0.214. The number of halogens is 1.